The van der Waals surface area contributed by atoms with Crippen molar-refractivity contribution in [3.63, 3.8) is 0 Å². The maximum atomic E-state index is 8.90. The normalized spacial score (nSPS) is 7.38. The Balaban J connectivity index is -0.00000000840. The van der Waals surface area contributed by atoms with Gasteiger partial charge in [0, 0.05) is 133 Å². The van der Waals surface area contributed by atoms with Gasteiger partial charge in [0.05, 0.1) is 0 Å². The molecule has 0 fully saturated rings. The van der Waals surface area contributed by atoms with E-state index < -0.39 is 0 Å². The summed E-state index contributed by atoms with van der Waals surface area (Å²) < 4.78 is 8.90. The number of rotatable bonds is 1. The second-order valence-electron chi connectivity index (χ2n) is 1.49. The van der Waals surface area contributed by atoms with Crippen molar-refractivity contribution in [2.45, 2.75) is 13.8 Å². The molecule has 7 heteroatoms. The second kappa shape index (κ2) is 44.1. The summed E-state index contributed by atoms with van der Waals surface area (Å²) in [6, 6.07) is 0. The van der Waals surface area contributed by atoms with Crippen LogP contribution in [0, 0.1) is 19.3 Å². The molecule has 0 bridgehead atoms. The first-order chi connectivity index (χ1) is 3.68. The first-order valence-corrected chi connectivity index (χ1v) is 3.79. The molecule has 1 atom stereocenters. The monoisotopic (exact) mass is 729 g/mol. The van der Waals surface area contributed by atoms with Crippen LogP contribution in [0.4, 0.5) is 0 Å². The van der Waals surface area contributed by atoms with Crippen molar-refractivity contribution in [1.29, 1.82) is 0 Å². The fraction of sp³-hybridized carbons (Fsp3) is 0.667. The molecule has 0 saturated heterocycles. The second-order valence-corrected chi connectivity index (χ2v) is 1.86. The summed E-state index contributed by atoms with van der Waals surface area (Å²) in [5.41, 5.74) is 0. The van der Waals surface area contributed by atoms with E-state index in [9.17, 15) is 0 Å². The summed E-state index contributed by atoms with van der Waals surface area (Å²) in [5.74, 6) is 0.509. The standard InChI is InChI=1S/C5H10.CH3OP.V.2W.2Y/c1-4-5(2)3;1-3-2;;;;;/h4-5H,2H2,1,3H3;1H3;;;;;/q-2;;;;;;. The smallest absolute Gasteiger partial charge is 0.151 e. The third kappa shape index (κ3) is 84.3. The molecule has 13 heavy (non-hydrogen) atoms. The Kier molecular flexibility index (Phi) is 147. The zero-order valence-electron chi connectivity index (χ0n) is 8.14. The van der Waals surface area contributed by atoms with Crippen LogP contribution in [0.25, 0.3) is 0 Å². The minimum atomic E-state index is 0. The van der Waals surface area contributed by atoms with Gasteiger partial charge in [-0.05, 0) is 0 Å². The molecule has 1 nitrogen and oxygen atoms in total. The van der Waals surface area contributed by atoms with Gasteiger partial charge in [-0.15, -0.1) is 6.92 Å². The Bertz CT molecular complexity index is 63.9. The van der Waals surface area contributed by atoms with Crippen molar-refractivity contribution in [1.82, 2.24) is 0 Å². The summed E-state index contributed by atoms with van der Waals surface area (Å²) in [6.07, 6.45) is 2.06. The minimum Gasteiger partial charge on any atom is -0.370 e. The first kappa shape index (κ1) is 43.3. The fourth-order valence-corrected chi connectivity index (χ4v) is 0. The molecule has 0 aromatic carbocycles. The van der Waals surface area contributed by atoms with E-state index in [4.69, 9.17) is 4.57 Å². The maximum Gasteiger partial charge on any atom is 0.151 e. The molecule has 0 spiro atoms. The largest absolute Gasteiger partial charge is 0.370 e. The molecule has 0 aliphatic carbocycles. The van der Waals surface area contributed by atoms with Crippen LogP contribution in [0.2, 0.25) is 0 Å². The predicted molar refractivity (Wildman–Crippen MR) is 38.0 cm³/mol. The van der Waals surface area contributed by atoms with Gasteiger partial charge in [0.2, 0.25) is 0 Å². The van der Waals surface area contributed by atoms with Crippen LogP contribution < -0.4 is 0 Å². The summed E-state index contributed by atoms with van der Waals surface area (Å²) in [7, 11) is 0.167. The van der Waals surface area contributed by atoms with Gasteiger partial charge in [-0.3, -0.25) is 4.57 Å². The molecular weight excluding hydrogens is 715 g/mol. The minimum absolute atomic E-state index is 0. The molecular formula is C6H13OPVW2Y2-2. The van der Waals surface area contributed by atoms with Crippen LogP contribution >= 0.6 is 8.46 Å². The molecule has 0 aliphatic heterocycles. The summed E-state index contributed by atoms with van der Waals surface area (Å²) >= 11 is 0. The predicted octanol–water partition coefficient (Wildman–Crippen LogP) is 2.58. The van der Waals surface area contributed by atoms with Gasteiger partial charge in [0.25, 0.3) is 0 Å². The van der Waals surface area contributed by atoms with Gasteiger partial charge in [0.15, 0.2) is 8.46 Å². The average molecular weight is 729 g/mol. The van der Waals surface area contributed by atoms with Crippen molar-refractivity contribution in [2.75, 3.05) is 6.66 Å². The molecule has 0 amide bonds. The Morgan fingerprint density at radius 1 is 1.31 bits per heavy atom. The number of hydrogen-bond donors (Lipinski definition) is 0. The van der Waals surface area contributed by atoms with Crippen LogP contribution in [0.3, 0.4) is 0 Å². The van der Waals surface area contributed by atoms with Crippen molar-refractivity contribution >= 4 is 8.46 Å². The molecule has 1 unspecified atom stereocenters. The Morgan fingerprint density at radius 3 is 1.38 bits per heavy atom. The fourth-order valence-electron chi connectivity index (χ4n) is 0. The van der Waals surface area contributed by atoms with Gasteiger partial charge in [0.1, 0.15) is 0 Å². The molecule has 0 aromatic heterocycles. The molecule has 0 aliphatic rings. The van der Waals surface area contributed by atoms with E-state index in [1.165, 1.54) is 0 Å². The molecule has 0 rings (SSSR count). The quantitative estimate of drug-likeness (QED) is 0.300. The zero-order chi connectivity index (χ0) is 6.99. The topological polar surface area (TPSA) is 17.1 Å². The summed E-state index contributed by atoms with van der Waals surface area (Å²) in [4.78, 5) is 0. The van der Waals surface area contributed by atoms with E-state index >= 15 is 0 Å². The van der Waals surface area contributed by atoms with Gasteiger partial charge in [-0.25, -0.2) is 0 Å². The van der Waals surface area contributed by atoms with Crippen molar-refractivity contribution in [3.8, 4) is 0 Å². The van der Waals surface area contributed by atoms with Crippen molar-refractivity contribution in [2.24, 2.45) is 5.92 Å². The summed E-state index contributed by atoms with van der Waals surface area (Å²) in [5, 5.41) is 0. The third-order valence-corrected chi connectivity index (χ3v) is 0.569. The van der Waals surface area contributed by atoms with E-state index in [1.807, 2.05) is 6.92 Å². The van der Waals surface area contributed by atoms with Crippen molar-refractivity contribution < 1.29 is 131 Å². The molecule has 73 valence electrons. The average Bonchev–Trinajstić information content (AvgIpc) is 1.69. The van der Waals surface area contributed by atoms with E-state index in [0.29, 0.717) is 5.92 Å². The van der Waals surface area contributed by atoms with E-state index in [1.54, 1.807) is 6.66 Å². The zero-order valence-corrected chi connectivity index (χ0v) is 22.0. The first-order valence-electron chi connectivity index (χ1n) is 2.53. The van der Waals surface area contributed by atoms with Crippen LogP contribution in [0.15, 0.2) is 0 Å². The van der Waals surface area contributed by atoms with Gasteiger partial charge in [-0.1, -0.05) is 0 Å². The van der Waals surface area contributed by atoms with Crippen LogP contribution in [-0.2, 0) is 131 Å². The van der Waals surface area contributed by atoms with E-state index in [2.05, 4.69) is 20.3 Å². The Hall–Kier alpha value is 4.27. The molecule has 0 saturated carbocycles. The molecule has 3 radical (unpaired) electrons. The molecule has 0 aromatic rings. The van der Waals surface area contributed by atoms with Crippen LogP contribution in [-0.4, -0.2) is 6.66 Å². The Labute approximate surface area is 175 Å². The van der Waals surface area contributed by atoms with Crippen molar-refractivity contribution in [3.05, 3.63) is 13.3 Å². The summed E-state index contributed by atoms with van der Waals surface area (Å²) in [6.45, 7) is 9.31. The van der Waals surface area contributed by atoms with Gasteiger partial charge >= 0.3 is 0 Å². The van der Waals surface area contributed by atoms with E-state index in [0.717, 1.165) is 0 Å². The van der Waals surface area contributed by atoms with E-state index in [-0.39, 0.29) is 135 Å². The third-order valence-electron chi connectivity index (χ3n) is 0.569. The number of hydrogen-bond acceptors (Lipinski definition) is 1. The van der Waals surface area contributed by atoms with Gasteiger partial charge in [-0.2, -0.15) is 6.92 Å². The molecule has 0 heterocycles. The maximum absolute atomic E-state index is 8.90. The Morgan fingerprint density at radius 2 is 1.38 bits per heavy atom. The van der Waals surface area contributed by atoms with Gasteiger partial charge < -0.3 is 19.3 Å². The van der Waals surface area contributed by atoms with Crippen LogP contribution in [0.1, 0.15) is 13.8 Å². The van der Waals surface area contributed by atoms with Crippen LogP contribution in [0.5, 0.6) is 0 Å². The molecule has 0 N–H and O–H groups in total. The SMILES string of the molecule is CP=O.[CH2-]C(C)[CH-]C.[V].[W].[W].[Y].[Y].